The van der Waals surface area contributed by atoms with Gasteiger partial charge in [-0.1, -0.05) is 60.7 Å². The van der Waals surface area contributed by atoms with Crippen LogP contribution in [0.2, 0.25) is 0 Å². The highest BCUT2D eigenvalue weighted by Crippen LogP contribution is 2.07. The molecule has 0 nitrogen and oxygen atoms in total. The predicted octanol–water partition coefficient (Wildman–Crippen LogP) is 2.09. The Kier molecular flexibility index (Phi) is 4.46. The van der Waals surface area contributed by atoms with Gasteiger partial charge in [0.2, 0.25) is 0 Å². The van der Waals surface area contributed by atoms with Crippen molar-refractivity contribution in [3.63, 3.8) is 0 Å². The van der Waals surface area contributed by atoms with Crippen LogP contribution in [0.1, 0.15) is 11.1 Å². The molecule has 0 atom stereocenters. The van der Waals surface area contributed by atoms with Crippen molar-refractivity contribution in [3.8, 4) is 0 Å². The largest absolute Gasteiger partial charge is 0.187 e. The van der Waals surface area contributed by atoms with Gasteiger partial charge < -0.3 is 0 Å². The maximum absolute atomic E-state index is 2.16. The molecule has 2 aromatic carbocycles. The molecule has 0 aromatic heterocycles. The van der Waals surface area contributed by atoms with Gasteiger partial charge in [0.25, 0.3) is 0 Å². The molecule has 0 amide bonds. The van der Waals surface area contributed by atoms with Crippen LogP contribution in [0.5, 0.6) is 0 Å². The van der Waals surface area contributed by atoms with E-state index in [1.807, 2.05) is 0 Å². The zero-order chi connectivity index (χ0) is 8.93. The third-order valence-electron chi connectivity index (χ3n) is 2.09. The molecule has 0 aliphatic rings. The fraction of sp³-hybridized carbons (Fsp3) is 0.0769. The predicted molar refractivity (Wildman–Crippen MR) is 65.6 cm³/mol. The second-order valence-electron chi connectivity index (χ2n) is 3.15. The Morgan fingerprint density at radius 2 is 0.929 bits per heavy atom. The lowest BCUT2D eigenvalue weighted by molar-refractivity contribution is 1.19. The van der Waals surface area contributed by atoms with Crippen LogP contribution < -0.4 is 0 Å². The summed E-state index contributed by atoms with van der Waals surface area (Å²) in [7, 11) is 0. The van der Waals surface area contributed by atoms with Gasteiger partial charge in [-0.3, -0.25) is 0 Å². The molecule has 0 N–H and O–H groups in total. The van der Waals surface area contributed by atoms with Gasteiger partial charge >= 0.3 is 0 Å². The average molecular weight is 198 g/mol. The Hall–Kier alpha value is -1.03. The van der Waals surface area contributed by atoms with Gasteiger partial charge in [-0.05, 0) is 17.5 Å². The first-order valence-electron chi connectivity index (χ1n) is 4.53. The molecule has 0 aliphatic carbocycles. The summed E-state index contributed by atoms with van der Waals surface area (Å²) in [5.41, 5.74) is 2.74. The summed E-state index contributed by atoms with van der Waals surface area (Å²) in [6.07, 6.45) is 1.03. The third kappa shape index (κ3) is 3.03. The number of hydrogen-bond donors (Lipinski definition) is 0. The van der Waals surface area contributed by atoms with E-state index < -0.39 is 0 Å². The number of benzene rings is 2. The van der Waals surface area contributed by atoms with Crippen LogP contribution in [0.3, 0.4) is 0 Å². The Bertz CT molecular complexity index is 316. The Labute approximate surface area is 95.7 Å². The summed E-state index contributed by atoms with van der Waals surface area (Å²) in [6, 6.07) is 21.1. The first-order chi connectivity index (χ1) is 6.45. The molecule has 1 heteroatoms. The van der Waals surface area contributed by atoms with E-state index in [2.05, 4.69) is 60.7 Å². The van der Waals surface area contributed by atoms with Crippen LogP contribution >= 0.6 is 0 Å². The van der Waals surface area contributed by atoms with Gasteiger partial charge in [0.1, 0.15) is 0 Å². The second kappa shape index (κ2) is 5.65. The smallest absolute Gasteiger partial charge is 0.0622 e. The van der Waals surface area contributed by atoms with Crippen molar-refractivity contribution in [3.05, 3.63) is 71.8 Å². The van der Waals surface area contributed by atoms with E-state index in [-0.39, 0.29) is 17.4 Å². The zero-order valence-electron chi connectivity index (χ0n) is 7.48. The first-order valence-corrected chi connectivity index (χ1v) is 4.53. The van der Waals surface area contributed by atoms with Crippen LogP contribution in [0.25, 0.3) is 0 Å². The van der Waals surface area contributed by atoms with Gasteiger partial charge in [0.05, 0.1) is 0 Å². The highest BCUT2D eigenvalue weighted by molar-refractivity contribution is 5.75. The summed E-state index contributed by atoms with van der Waals surface area (Å²) in [5, 5.41) is 0. The lowest BCUT2D eigenvalue weighted by atomic mass is 10.1. The van der Waals surface area contributed by atoms with E-state index in [9.17, 15) is 0 Å². The van der Waals surface area contributed by atoms with E-state index in [4.69, 9.17) is 0 Å². The minimum Gasteiger partial charge on any atom is -0.0622 e. The molecule has 2 rings (SSSR count). The van der Waals surface area contributed by atoms with Gasteiger partial charge in [0, 0.05) is 0 Å². The molecular formula is C13H15Al. The molecule has 0 heterocycles. The summed E-state index contributed by atoms with van der Waals surface area (Å²) in [6.45, 7) is 0. The van der Waals surface area contributed by atoms with Crippen LogP contribution in [0, 0.1) is 0 Å². The second-order valence-corrected chi connectivity index (χ2v) is 3.15. The Morgan fingerprint density at radius 1 is 0.571 bits per heavy atom. The van der Waals surface area contributed by atoms with Crippen molar-refractivity contribution < 1.29 is 0 Å². The van der Waals surface area contributed by atoms with E-state index in [0.717, 1.165) is 6.42 Å². The van der Waals surface area contributed by atoms with E-state index >= 15 is 0 Å². The average Bonchev–Trinajstić information content (AvgIpc) is 2.21. The van der Waals surface area contributed by atoms with Crippen molar-refractivity contribution in [1.82, 2.24) is 0 Å². The number of hydrogen-bond acceptors (Lipinski definition) is 0. The van der Waals surface area contributed by atoms with Crippen LogP contribution in [0.4, 0.5) is 0 Å². The highest BCUT2D eigenvalue weighted by atomic mass is 27.0. The molecule has 0 bridgehead atoms. The topological polar surface area (TPSA) is 0 Å². The molecule has 0 radical (unpaired) electrons. The fourth-order valence-corrected chi connectivity index (χ4v) is 1.43. The zero-order valence-corrected chi connectivity index (χ0v) is 7.48. The van der Waals surface area contributed by atoms with Gasteiger partial charge in [-0.25, -0.2) is 0 Å². The molecule has 0 unspecified atom stereocenters. The van der Waals surface area contributed by atoms with Gasteiger partial charge in [-0.15, -0.1) is 0 Å². The molecule has 0 saturated carbocycles. The molecule has 14 heavy (non-hydrogen) atoms. The SMILES string of the molecule is [AlH3].c1ccc(Cc2ccccc2)cc1. The molecule has 0 aliphatic heterocycles. The maximum Gasteiger partial charge on any atom is 0.187 e. The lowest BCUT2D eigenvalue weighted by Gasteiger charge is -2.00. The van der Waals surface area contributed by atoms with Crippen molar-refractivity contribution >= 4 is 17.4 Å². The number of rotatable bonds is 2. The molecule has 0 spiro atoms. The summed E-state index contributed by atoms with van der Waals surface area (Å²) in [4.78, 5) is 0. The minimum atomic E-state index is 0. The fourth-order valence-electron chi connectivity index (χ4n) is 1.43. The first kappa shape index (κ1) is 11.0. The molecule has 2 aromatic rings. The Balaban J connectivity index is 0.000000980. The third-order valence-corrected chi connectivity index (χ3v) is 2.09. The quantitative estimate of drug-likeness (QED) is 0.648. The van der Waals surface area contributed by atoms with Crippen LogP contribution in [-0.4, -0.2) is 17.4 Å². The standard InChI is InChI=1S/C13H12.Al.3H/c1-3-7-12(8-4-1)11-13-9-5-2-6-10-13;;;;/h1-10H,11H2;;;;. The van der Waals surface area contributed by atoms with Crippen LogP contribution in [-0.2, 0) is 6.42 Å². The van der Waals surface area contributed by atoms with Crippen molar-refractivity contribution in [1.29, 1.82) is 0 Å². The van der Waals surface area contributed by atoms with E-state index in [1.165, 1.54) is 11.1 Å². The van der Waals surface area contributed by atoms with Crippen LogP contribution in [0.15, 0.2) is 60.7 Å². The van der Waals surface area contributed by atoms with Crippen molar-refractivity contribution in [2.75, 3.05) is 0 Å². The summed E-state index contributed by atoms with van der Waals surface area (Å²) >= 11 is 0. The molecule has 0 saturated heterocycles. The van der Waals surface area contributed by atoms with Crippen molar-refractivity contribution in [2.24, 2.45) is 0 Å². The molecule has 70 valence electrons. The maximum atomic E-state index is 2.16. The Morgan fingerprint density at radius 3 is 1.29 bits per heavy atom. The van der Waals surface area contributed by atoms with E-state index in [1.54, 1.807) is 0 Å². The minimum absolute atomic E-state index is 0. The van der Waals surface area contributed by atoms with E-state index in [0.29, 0.717) is 0 Å². The highest BCUT2D eigenvalue weighted by Gasteiger charge is 1.92. The van der Waals surface area contributed by atoms with Crippen molar-refractivity contribution in [2.45, 2.75) is 6.42 Å². The summed E-state index contributed by atoms with van der Waals surface area (Å²) in [5.74, 6) is 0. The lowest BCUT2D eigenvalue weighted by Crippen LogP contribution is -1.85. The molecule has 0 fully saturated rings. The monoisotopic (exact) mass is 198 g/mol. The summed E-state index contributed by atoms with van der Waals surface area (Å²) < 4.78 is 0. The normalized spacial score (nSPS) is 9.14. The van der Waals surface area contributed by atoms with Gasteiger partial charge in [0.15, 0.2) is 17.4 Å². The van der Waals surface area contributed by atoms with Gasteiger partial charge in [-0.2, -0.15) is 0 Å². The molecular weight excluding hydrogens is 183 g/mol.